The van der Waals surface area contributed by atoms with Gasteiger partial charge in [0.25, 0.3) is 15.9 Å². The number of amides is 1. The Kier molecular flexibility index (Phi) is 7.41. The molecule has 1 saturated heterocycles. The van der Waals surface area contributed by atoms with E-state index in [4.69, 9.17) is 4.98 Å². The van der Waals surface area contributed by atoms with Crippen LogP contribution in [-0.2, 0) is 15.4 Å². The fourth-order valence-corrected chi connectivity index (χ4v) is 6.71. The molecule has 0 spiro atoms. The lowest BCUT2D eigenvalue weighted by Crippen LogP contribution is -2.41. The van der Waals surface area contributed by atoms with E-state index < -0.39 is 15.9 Å². The van der Waals surface area contributed by atoms with Crippen molar-refractivity contribution in [1.82, 2.24) is 19.7 Å². The first-order valence-electron chi connectivity index (χ1n) is 13.4. The van der Waals surface area contributed by atoms with Crippen LogP contribution < -0.4 is 14.9 Å². The SMILES string of the molecule is CC(C)(C)c1ccc2c(n1)N1C[C@@H](CCC(c3ccc(Br)cn3)Nc3cccc(n3)S(=O)(=O)NC2=O)CC1(C)C. The third-order valence-corrected chi connectivity index (χ3v) is 9.32. The quantitative estimate of drug-likeness (QED) is 0.358. The molecule has 0 saturated carbocycles. The smallest absolute Gasteiger partial charge is 0.281 e. The first-order valence-corrected chi connectivity index (χ1v) is 15.7. The lowest BCUT2D eigenvalue weighted by Gasteiger charge is -2.34. The average molecular weight is 628 g/mol. The summed E-state index contributed by atoms with van der Waals surface area (Å²) in [5, 5.41) is 3.16. The third-order valence-electron chi connectivity index (χ3n) is 7.62. The van der Waals surface area contributed by atoms with Crippen LogP contribution in [0.25, 0.3) is 0 Å². The predicted octanol–water partition coefficient (Wildman–Crippen LogP) is 5.60. The van der Waals surface area contributed by atoms with Crippen molar-refractivity contribution in [3.05, 3.63) is 70.1 Å². The number of carbonyl (C=O) groups excluding carboxylic acids is 1. The normalized spacial score (nSPS) is 22.4. The van der Waals surface area contributed by atoms with Crippen LogP contribution in [0.15, 0.2) is 58.2 Å². The maximum Gasteiger partial charge on any atom is 0.281 e. The molecule has 9 nitrogen and oxygen atoms in total. The van der Waals surface area contributed by atoms with Gasteiger partial charge in [-0.15, -0.1) is 0 Å². The molecule has 3 aromatic rings. The van der Waals surface area contributed by atoms with Crippen molar-refractivity contribution in [3.63, 3.8) is 0 Å². The number of halogens is 1. The molecule has 1 fully saturated rings. The first-order chi connectivity index (χ1) is 18.7. The second-order valence-electron chi connectivity index (χ2n) is 12.3. The van der Waals surface area contributed by atoms with E-state index >= 15 is 0 Å². The van der Waals surface area contributed by atoms with E-state index in [0.29, 0.717) is 24.1 Å². The highest BCUT2D eigenvalue weighted by Crippen LogP contribution is 2.41. The van der Waals surface area contributed by atoms with Gasteiger partial charge in [0.15, 0.2) is 5.03 Å². The van der Waals surface area contributed by atoms with Gasteiger partial charge in [0.1, 0.15) is 11.6 Å². The number of hydrogen-bond donors (Lipinski definition) is 2. The number of rotatable bonds is 1. The van der Waals surface area contributed by atoms with E-state index in [1.54, 1.807) is 30.5 Å². The lowest BCUT2D eigenvalue weighted by molar-refractivity contribution is 0.0981. The minimum atomic E-state index is -4.26. The van der Waals surface area contributed by atoms with Crippen molar-refractivity contribution in [1.29, 1.82) is 0 Å². The Bertz CT molecular complexity index is 1540. The van der Waals surface area contributed by atoms with Crippen LogP contribution in [0.3, 0.4) is 0 Å². The number of nitrogens with zero attached hydrogens (tertiary/aromatic N) is 4. The minimum Gasteiger partial charge on any atom is -0.362 e. The Morgan fingerprint density at radius 1 is 1.05 bits per heavy atom. The second-order valence-corrected chi connectivity index (χ2v) is 14.8. The summed E-state index contributed by atoms with van der Waals surface area (Å²) in [5.41, 5.74) is 1.36. The number of pyridine rings is 3. The highest BCUT2D eigenvalue weighted by Gasteiger charge is 2.41. The van der Waals surface area contributed by atoms with E-state index in [1.807, 2.05) is 12.1 Å². The Morgan fingerprint density at radius 2 is 1.82 bits per heavy atom. The molecule has 5 heterocycles. The highest BCUT2D eigenvalue weighted by atomic mass is 79.9. The Balaban J connectivity index is 1.62. The number of sulfonamides is 1. The molecule has 1 amide bonds. The zero-order chi connectivity index (χ0) is 28.9. The van der Waals surface area contributed by atoms with Crippen molar-refractivity contribution in [2.24, 2.45) is 5.92 Å². The van der Waals surface area contributed by atoms with Crippen LogP contribution in [0.4, 0.5) is 11.6 Å². The van der Waals surface area contributed by atoms with Gasteiger partial charge in [-0.3, -0.25) is 9.78 Å². The van der Waals surface area contributed by atoms with Crippen LogP contribution >= 0.6 is 15.9 Å². The van der Waals surface area contributed by atoms with Crippen molar-refractivity contribution >= 4 is 43.5 Å². The maximum absolute atomic E-state index is 13.6. The summed E-state index contributed by atoms with van der Waals surface area (Å²) in [5.74, 6) is 0.506. The summed E-state index contributed by atoms with van der Waals surface area (Å²) in [6, 6.07) is 11.9. The zero-order valence-electron chi connectivity index (χ0n) is 23.4. The molecule has 2 atom stereocenters. The minimum absolute atomic E-state index is 0.187. The standard InChI is InChI=1S/C29H35BrN6O3S/c1-28(2,3)23-14-11-20-26(33-23)36-17-18(15-29(36,4)5)9-12-22(21-13-10-19(30)16-31-21)32-24-7-6-8-25(34-24)40(38,39)35-27(20)37/h6-8,10-11,13-14,16,18,22H,9,12,15,17H2,1-5H3,(H,32,34)(H,35,37)/t18-,22?/m0/s1. The molecule has 2 aliphatic heterocycles. The van der Waals surface area contributed by atoms with Crippen molar-refractivity contribution in [2.45, 2.75) is 75.9 Å². The maximum atomic E-state index is 13.6. The van der Waals surface area contributed by atoms with E-state index in [-0.39, 0.29) is 27.6 Å². The second kappa shape index (κ2) is 10.4. The zero-order valence-corrected chi connectivity index (χ0v) is 25.8. The molecule has 3 aromatic heterocycles. The van der Waals surface area contributed by atoms with Gasteiger partial charge < -0.3 is 10.2 Å². The number of hydrogen-bond acceptors (Lipinski definition) is 8. The monoisotopic (exact) mass is 626 g/mol. The van der Waals surface area contributed by atoms with Crippen LogP contribution in [0, 0.1) is 5.92 Å². The summed E-state index contributed by atoms with van der Waals surface area (Å²) in [6.07, 6.45) is 4.32. The lowest BCUT2D eigenvalue weighted by atomic mass is 9.90. The van der Waals surface area contributed by atoms with Crippen LogP contribution in [0.1, 0.15) is 81.7 Å². The first kappa shape index (κ1) is 28.5. The topological polar surface area (TPSA) is 117 Å². The number of nitrogens with one attached hydrogen (secondary N) is 2. The molecule has 2 N–H and O–H groups in total. The summed E-state index contributed by atoms with van der Waals surface area (Å²) >= 11 is 3.45. The number of anilines is 2. The van der Waals surface area contributed by atoms with Gasteiger partial charge >= 0.3 is 0 Å². The molecule has 0 aromatic carbocycles. The molecule has 2 aliphatic rings. The van der Waals surface area contributed by atoms with Gasteiger partial charge in [0.2, 0.25) is 0 Å². The Hall–Kier alpha value is -3.05. The summed E-state index contributed by atoms with van der Waals surface area (Å²) in [4.78, 5) is 29.7. The number of aromatic nitrogens is 3. The van der Waals surface area contributed by atoms with Gasteiger partial charge in [-0.25, -0.2) is 14.7 Å². The molecular formula is C29H35BrN6O3S. The summed E-state index contributed by atoms with van der Waals surface area (Å²) in [6.45, 7) is 11.2. The van der Waals surface area contributed by atoms with Gasteiger partial charge in [-0.05, 0) is 91.4 Å². The molecule has 0 aliphatic carbocycles. The predicted molar refractivity (Wildman–Crippen MR) is 159 cm³/mol. The molecule has 1 unspecified atom stereocenters. The number of fused-ring (bicyclic) bond motifs is 6. The van der Waals surface area contributed by atoms with Crippen LogP contribution in [0.2, 0.25) is 0 Å². The summed E-state index contributed by atoms with van der Waals surface area (Å²) < 4.78 is 29.8. The van der Waals surface area contributed by atoms with Gasteiger partial charge in [-0.2, -0.15) is 8.42 Å². The Labute approximate surface area is 244 Å². The molecular weight excluding hydrogens is 592 g/mol. The fourth-order valence-electron chi connectivity index (χ4n) is 5.54. The van der Waals surface area contributed by atoms with Crippen molar-refractivity contribution < 1.29 is 13.2 Å². The van der Waals surface area contributed by atoms with Gasteiger partial charge in [0.05, 0.1) is 17.3 Å². The molecule has 5 rings (SSSR count). The molecule has 212 valence electrons. The van der Waals surface area contributed by atoms with Crippen molar-refractivity contribution in [2.75, 3.05) is 16.8 Å². The molecule has 4 bridgehead atoms. The van der Waals surface area contributed by atoms with E-state index in [2.05, 4.69) is 75.5 Å². The van der Waals surface area contributed by atoms with Crippen LogP contribution in [0.5, 0.6) is 0 Å². The van der Waals surface area contributed by atoms with Crippen molar-refractivity contribution in [3.8, 4) is 0 Å². The summed E-state index contributed by atoms with van der Waals surface area (Å²) in [7, 11) is -4.26. The Morgan fingerprint density at radius 3 is 2.52 bits per heavy atom. The largest absolute Gasteiger partial charge is 0.362 e. The van der Waals surface area contributed by atoms with Gasteiger partial charge in [-0.1, -0.05) is 26.8 Å². The highest BCUT2D eigenvalue weighted by molar-refractivity contribution is 9.10. The average Bonchev–Trinajstić information content (AvgIpc) is 3.19. The third kappa shape index (κ3) is 5.85. The molecule has 0 radical (unpaired) electrons. The van der Waals surface area contributed by atoms with E-state index in [9.17, 15) is 13.2 Å². The van der Waals surface area contributed by atoms with Crippen LogP contribution in [-0.4, -0.2) is 41.4 Å². The van der Waals surface area contributed by atoms with Gasteiger partial charge in [0, 0.05) is 33.9 Å². The van der Waals surface area contributed by atoms with E-state index in [0.717, 1.165) is 35.1 Å². The molecule has 11 heteroatoms. The van der Waals surface area contributed by atoms with E-state index in [1.165, 1.54) is 6.07 Å². The molecule has 40 heavy (non-hydrogen) atoms. The number of carbonyl (C=O) groups is 1. The fraction of sp³-hybridized carbons (Fsp3) is 0.448.